The molecule has 0 saturated carbocycles. The number of aldehydes is 4. The monoisotopic (exact) mass is 1870 g/mol. The van der Waals surface area contributed by atoms with E-state index in [-0.39, 0.29) is 131 Å². The van der Waals surface area contributed by atoms with Gasteiger partial charge < -0.3 is 87.1 Å². The van der Waals surface area contributed by atoms with Crippen molar-refractivity contribution in [3.05, 3.63) is 279 Å². The third kappa shape index (κ3) is 35.9. The van der Waals surface area contributed by atoms with Crippen LogP contribution in [0.3, 0.4) is 0 Å². The minimum atomic E-state index is -1.25. The van der Waals surface area contributed by atoms with Crippen molar-refractivity contribution in [1.29, 1.82) is 5.26 Å². The van der Waals surface area contributed by atoms with Gasteiger partial charge in [-0.1, -0.05) is 15.9 Å². The molecule has 0 spiro atoms. The maximum absolute atomic E-state index is 11.7. The summed E-state index contributed by atoms with van der Waals surface area (Å²) in [5, 5.41) is 44.5. The predicted molar refractivity (Wildman–Crippen MR) is 454 cm³/mol. The summed E-state index contributed by atoms with van der Waals surface area (Å²) in [4.78, 5) is 236. The fourth-order valence-electron chi connectivity index (χ4n) is 9.91. The van der Waals surface area contributed by atoms with E-state index >= 15 is 0 Å². The van der Waals surface area contributed by atoms with E-state index in [2.05, 4.69) is 72.8 Å². The first-order chi connectivity index (χ1) is 61.5. The van der Waals surface area contributed by atoms with Gasteiger partial charge in [-0.2, -0.15) is 5.26 Å². The number of amides is 2. The van der Waals surface area contributed by atoms with Gasteiger partial charge in [-0.05, 0) is 162 Å². The number of hydrogen-bond donors (Lipinski definition) is 4. The van der Waals surface area contributed by atoms with E-state index in [9.17, 15) is 101 Å². The summed E-state index contributed by atoms with van der Waals surface area (Å²) in [6.45, 7) is -0.269. The smallest absolute Gasteiger partial charge is 0.337 e. The predicted octanol–water partition coefficient (Wildman–Crippen LogP) is 9.13. The number of nitrogens with zero attached hydrogens (tertiary/aromatic N) is 3. The molecule has 0 heterocycles. The SMILES string of the molecule is CN(C)C(=O)c1cc(C=O)cc(C(=O)O)c1.COC(=O)c1cc(C(=O)O)cc(C(=O)OC)c1.COC(=O)c1cc(C=O)cc(C(=O)N(C)C)c1.COC(=O)c1cc(C=O)cc(C(=O)O)c1.COC(=O)c1cc(C=O)cc(C(=O)OC)c1.COC(=O)c1cc(CBr)cc(C(=O)OC)c1.COC(=O)c1cc(CC#N)cc(C(=O)OC)c1.COC(=O)c1cc(CO)cc(C(=O)OC)c1. The van der Waals surface area contributed by atoms with Gasteiger partial charge in [0, 0.05) is 66.9 Å². The third-order valence-corrected chi connectivity index (χ3v) is 16.6. The molecule has 2 amide bonds. The number of aliphatic hydroxyl groups excluding tert-OH is 1. The maximum atomic E-state index is 11.7. The summed E-state index contributed by atoms with van der Waals surface area (Å²) in [5.74, 6) is -11.4. The average Bonchev–Trinajstić information content (AvgIpc) is 0.828. The van der Waals surface area contributed by atoms with Crippen molar-refractivity contribution in [3.8, 4) is 6.07 Å². The lowest BCUT2D eigenvalue weighted by molar-refractivity contribution is 0.0580. The van der Waals surface area contributed by atoms with E-state index in [4.69, 9.17) is 25.7 Å². The highest BCUT2D eigenvalue weighted by Crippen LogP contribution is 2.21. The zero-order valence-electron chi connectivity index (χ0n) is 72.3. The first-order valence-corrected chi connectivity index (χ1v) is 37.3. The Morgan fingerprint density at radius 3 is 0.600 bits per heavy atom. The van der Waals surface area contributed by atoms with Crippen molar-refractivity contribution >= 4 is 142 Å². The van der Waals surface area contributed by atoms with Crippen LogP contribution in [0.4, 0.5) is 0 Å². The minimum Gasteiger partial charge on any atom is -0.478 e. The molecule has 0 aliphatic rings. The molecule has 0 fully saturated rings. The first-order valence-electron chi connectivity index (χ1n) is 36.2. The number of aromatic carboxylic acids is 3. The molecule has 41 heteroatoms. The Morgan fingerprint density at radius 1 is 0.269 bits per heavy atom. The molecular weight excluding hydrogens is 1780 g/mol. The summed E-state index contributed by atoms with van der Waals surface area (Å²) in [6, 6.07) is 34.5. The Balaban J connectivity index is 0.000000743. The largest absolute Gasteiger partial charge is 0.478 e. The number of methoxy groups -OCH3 is 12. The molecule has 0 aromatic heterocycles. The van der Waals surface area contributed by atoms with E-state index in [1.165, 1.54) is 196 Å². The highest BCUT2D eigenvalue weighted by Gasteiger charge is 2.22. The number of nitriles is 1. The number of benzene rings is 8. The number of alkyl halides is 1. The molecular formula is C89H86BrN3O37. The first kappa shape index (κ1) is 111. The standard InChI is InChI=1S/C12H13NO4.C12H11NO4.C11H11BrO4.C11H11NO4.C11H10O6.C11H12O5.C11H10O5.C10H8O5/c1-13(2)11(15)9-4-8(7-14)5-10(6-9)12(16)17-3;1-16-11(14)9-5-8(3-4-13)6-10(7-9)12(15)17-2;1-15-10(13)8-3-7(6-12)4-9(5-8)11(14)16-2;1-12(2)10(14)8-3-7(6-13)4-9(5-8)11(15)16;1-16-10(14)7-3-6(9(12)13)4-8(5-7)11(15)17-2;2*1-15-10(13)8-3-7(6-12)4-9(5-8)11(14)16-2;1-15-10(14)8-3-6(5-11)2-7(4-8)9(12)13/h4-7H,1-3H3;5-7H,3H2,1-2H3;3-5H,6H2,1-2H3;3-6H,1-2H3,(H,15,16);3-5H,1-2H3,(H,12,13);3-5,12H,6H2,1-2H3;3-6H,1-2H3;2-5H,1H3,(H,12,13). The van der Waals surface area contributed by atoms with E-state index < -0.39 is 89.5 Å². The van der Waals surface area contributed by atoms with Gasteiger partial charge in [0.15, 0.2) is 0 Å². The number of esters is 12. The molecule has 0 atom stereocenters. The van der Waals surface area contributed by atoms with Gasteiger partial charge in [-0.25, -0.2) is 71.9 Å². The van der Waals surface area contributed by atoms with Crippen molar-refractivity contribution in [1.82, 2.24) is 9.80 Å². The van der Waals surface area contributed by atoms with E-state index in [0.717, 1.165) is 38.0 Å². The van der Waals surface area contributed by atoms with Crippen LogP contribution in [-0.4, -0.2) is 270 Å². The summed E-state index contributed by atoms with van der Waals surface area (Å²) >= 11 is 3.26. The lowest BCUT2D eigenvalue weighted by Crippen LogP contribution is -2.22. The van der Waals surface area contributed by atoms with Crippen molar-refractivity contribution in [2.24, 2.45) is 0 Å². The second-order valence-corrected chi connectivity index (χ2v) is 25.8. The van der Waals surface area contributed by atoms with Gasteiger partial charge in [0.25, 0.3) is 11.8 Å². The van der Waals surface area contributed by atoms with Crippen molar-refractivity contribution in [2.75, 3.05) is 114 Å². The maximum Gasteiger partial charge on any atom is 0.337 e. The number of carbonyl (C=O) groups excluding carboxylic acids is 18. The summed E-state index contributed by atoms with van der Waals surface area (Å²) in [6.07, 6.45) is 2.21. The Hall–Kier alpha value is -16.6. The molecule has 0 bridgehead atoms. The number of halogens is 1. The fourth-order valence-corrected chi connectivity index (χ4v) is 10.2. The van der Waals surface area contributed by atoms with E-state index in [0.29, 0.717) is 52.7 Å². The number of carboxylic acid groups (broad SMARTS) is 3. The molecule has 8 rings (SSSR count). The van der Waals surface area contributed by atoms with Gasteiger partial charge in [0.2, 0.25) is 0 Å². The lowest BCUT2D eigenvalue weighted by atomic mass is 10.0. The second-order valence-electron chi connectivity index (χ2n) is 25.2. The van der Waals surface area contributed by atoms with E-state index in [1.807, 2.05) is 6.07 Å². The number of carbonyl (C=O) groups is 21. The number of carboxylic acids is 3. The zero-order chi connectivity index (χ0) is 98.9. The Bertz CT molecular complexity index is 5350. The van der Waals surface area contributed by atoms with Gasteiger partial charge in [-0.15, -0.1) is 0 Å². The van der Waals surface area contributed by atoms with Crippen LogP contribution in [0, 0.1) is 11.3 Å². The number of hydrogen-bond acceptors (Lipinski definition) is 35. The molecule has 40 nitrogen and oxygen atoms in total. The number of ether oxygens (including phenoxy) is 12. The van der Waals surface area contributed by atoms with Crippen LogP contribution >= 0.6 is 15.9 Å². The number of aliphatic hydroxyl groups is 1. The summed E-state index contributed by atoms with van der Waals surface area (Å²) in [5.41, 5.74) is 4.63. The van der Waals surface area contributed by atoms with Gasteiger partial charge in [0.05, 0.1) is 188 Å². The van der Waals surface area contributed by atoms with Crippen LogP contribution in [-0.2, 0) is 75.2 Å². The fraction of sp³-hybridized carbons (Fsp3) is 0.213. The van der Waals surface area contributed by atoms with Crippen LogP contribution in [0.25, 0.3) is 0 Å². The second kappa shape index (κ2) is 57.0. The molecule has 8 aromatic rings. The van der Waals surface area contributed by atoms with Gasteiger partial charge >= 0.3 is 89.5 Å². The summed E-state index contributed by atoms with van der Waals surface area (Å²) in [7, 11) is 21.0. The molecule has 0 radical (unpaired) electrons. The molecule has 0 aliphatic heterocycles. The van der Waals surface area contributed by atoms with Crippen LogP contribution in [0.15, 0.2) is 146 Å². The molecule has 0 saturated heterocycles. The van der Waals surface area contributed by atoms with Crippen LogP contribution in [0.2, 0.25) is 0 Å². The van der Waals surface area contributed by atoms with Crippen molar-refractivity contribution in [2.45, 2.75) is 18.4 Å². The van der Waals surface area contributed by atoms with Crippen LogP contribution in [0.5, 0.6) is 0 Å². The molecule has 686 valence electrons. The highest BCUT2D eigenvalue weighted by atomic mass is 79.9. The molecule has 130 heavy (non-hydrogen) atoms. The van der Waals surface area contributed by atoms with Crippen LogP contribution < -0.4 is 0 Å². The third-order valence-electron chi connectivity index (χ3n) is 16.0. The Morgan fingerprint density at radius 2 is 0.423 bits per heavy atom. The summed E-state index contributed by atoms with van der Waals surface area (Å²) < 4.78 is 54.3. The van der Waals surface area contributed by atoms with Gasteiger partial charge in [0.1, 0.15) is 25.1 Å². The average molecular weight is 1870 g/mol. The minimum absolute atomic E-state index is 0.0206. The van der Waals surface area contributed by atoms with E-state index in [1.54, 1.807) is 40.3 Å². The number of rotatable bonds is 24. The van der Waals surface area contributed by atoms with Crippen molar-refractivity contribution in [3.63, 3.8) is 0 Å². The van der Waals surface area contributed by atoms with Crippen LogP contribution in [0.1, 0.15) is 234 Å². The quantitative estimate of drug-likeness (QED) is 0.0189. The molecule has 4 N–H and O–H groups in total. The van der Waals surface area contributed by atoms with Crippen molar-refractivity contribution < 1.29 is 178 Å². The lowest BCUT2D eigenvalue weighted by Gasteiger charge is -2.11. The Labute approximate surface area is 749 Å². The molecule has 0 aliphatic carbocycles. The molecule has 0 unspecified atom stereocenters. The highest BCUT2D eigenvalue weighted by molar-refractivity contribution is 9.08. The van der Waals surface area contributed by atoms with Gasteiger partial charge in [-0.3, -0.25) is 28.8 Å². The zero-order valence-corrected chi connectivity index (χ0v) is 73.9. The topological polar surface area (TPSA) is 580 Å². The Kier molecular flexibility index (Phi) is 48.8. The normalized spacial score (nSPS) is 9.52. The molecule has 8 aromatic carbocycles.